The number of rotatable bonds is 2. The summed E-state index contributed by atoms with van der Waals surface area (Å²) in [6.45, 7) is 14.3. The number of phenolic OH excluding ortho intramolecular Hbond substituents is 1. The van der Waals surface area contributed by atoms with Crippen molar-refractivity contribution in [1.82, 2.24) is 0 Å². The second-order valence-corrected chi connectivity index (χ2v) is 8.62. The lowest BCUT2D eigenvalue weighted by atomic mass is 9.77. The van der Waals surface area contributed by atoms with E-state index < -0.39 is 0 Å². The van der Waals surface area contributed by atoms with Crippen molar-refractivity contribution in [3.63, 3.8) is 0 Å². The molecule has 0 aromatic heterocycles. The first-order valence-electron chi connectivity index (χ1n) is 8.40. The maximum absolute atomic E-state index is 13.0. The summed E-state index contributed by atoms with van der Waals surface area (Å²) in [6, 6.07) is 11.3. The first kappa shape index (κ1) is 18.3. The van der Waals surface area contributed by atoms with E-state index in [9.17, 15) is 9.90 Å². The smallest absolute Gasteiger partial charge is 0.193 e. The number of benzene rings is 2. The van der Waals surface area contributed by atoms with Gasteiger partial charge in [-0.25, -0.2) is 0 Å². The van der Waals surface area contributed by atoms with Gasteiger partial charge in [-0.05, 0) is 36.0 Å². The van der Waals surface area contributed by atoms with Gasteiger partial charge in [0.1, 0.15) is 5.75 Å². The molecule has 2 nitrogen and oxygen atoms in total. The first-order chi connectivity index (χ1) is 10.9. The van der Waals surface area contributed by atoms with E-state index >= 15 is 0 Å². The second-order valence-electron chi connectivity index (χ2n) is 8.62. The van der Waals surface area contributed by atoms with E-state index in [0.717, 1.165) is 16.7 Å². The molecule has 0 bridgehead atoms. The first-order valence-corrected chi connectivity index (χ1v) is 8.40. The molecule has 128 valence electrons. The molecule has 0 saturated heterocycles. The third-order valence-corrected chi connectivity index (χ3v) is 4.27. The number of carbonyl (C=O) groups is 1. The van der Waals surface area contributed by atoms with Crippen LogP contribution in [-0.2, 0) is 10.8 Å². The Morgan fingerprint density at radius 1 is 0.833 bits per heavy atom. The van der Waals surface area contributed by atoms with Gasteiger partial charge in [0.15, 0.2) is 5.78 Å². The van der Waals surface area contributed by atoms with Gasteiger partial charge in [0, 0.05) is 22.3 Å². The van der Waals surface area contributed by atoms with Crippen molar-refractivity contribution in [2.24, 2.45) is 0 Å². The van der Waals surface area contributed by atoms with Crippen LogP contribution in [0.25, 0.3) is 0 Å². The number of aromatic hydroxyl groups is 1. The van der Waals surface area contributed by atoms with Crippen molar-refractivity contribution in [3.8, 4) is 5.75 Å². The monoisotopic (exact) mass is 324 g/mol. The molecular weight excluding hydrogens is 296 g/mol. The summed E-state index contributed by atoms with van der Waals surface area (Å²) in [6.07, 6.45) is 0. The molecule has 0 heterocycles. The zero-order chi connectivity index (χ0) is 18.3. The summed E-state index contributed by atoms with van der Waals surface area (Å²) in [7, 11) is 0. The molecule has 0 radical (unpaired) electrons. The Hall–Kier alpha value is -2.09. The molecule has 1 N–H and O–H groups in total. The van der Waals surface area contributed by atoms with Gasteiger partial charge >= 0.3 is 0 Å². The molecule has 0 aliphatic carbocycles. The Morgan fingerprint density at radius 2 is 1.33 bits per heavy atom. The summed E-state index contributed by atoms with van der Waals surface area (Å²) in [5, 5.41) is 10.8. The molecule has 2 aromatic rings. The molecule has 0 aliphatic rings. The predicted octanol–water partition coefficient (Wildman–Crippen LogP) is 5.53. The Kier molecular flexibility index (Phi) is 4.63. The number of hydrogen-bond donors (Lipinski definition) is 1. The van der Waals surface area contributed by atoms with Crippen LogP contribution >= 0.6 is 0 Å². The van der Waals surface area contributed by atoms with E-state index in [-0.39, 0.29) is 16.6 Å². The Morgan fingerprint density at radius 3 is 1.75 bits per heavy atom. The molecule has 24 heavy (non-hydrogen) atoms. The van der Waals surface area contributed by atoms with E-state index in [1.54, 1.807) is 0 Å². The molecule has 0 spiro atoms. The summed E-state index contributed by atoms with van der Waals surface area (Å²) in [5.74, 6) is 0.297. The molecule has 0 fully saturated rings. The topological polar surface area (TPSA) is 37.3 Å². The van der Waals surface area contributed by atoms with Gasteiger partial charge in [-0.15, -0.1) is 0 Å². The van der Waals surface area contributed by atoms with Crippen molar-refractivity contribution in [2.75, 3.05) is 0 Å². The number of hydrogen-bond acceptors (Lipinski definition) is 2. The van der Waals surface area contributed by atoms with Crippen LogP contribution in [0.1, 0.15) is 74.2 Å². The highest BCUT2D eigenvalue weighted by atomic mass is 16.3. The Bertz CT molecular complexity index is 736. The average Bonchev–Trinajstić information content (AvgIpc) is 2.44. The van der Waals surface area contributed by atoms with Crippen LogP contribution in [0.4, 0.5) is 0 Å². The van der Waals surface area contributed by atoms with Gasteiger partial charge < -0.3 is 5.11 Å². The highest BCUT2D eigenvalue weighted by molar-refractivity contribution is 6.09. The quantitative estimate of drug-likeness (QED) is 0.738. The van der Waals surface area contributed by atoms with Gasteiger partial charge in [-0.2, -0.15) is 0 Å². The van der Waals surface area contributed by atoms with E-state index in [2.05, 4.69) is 41.5 Å². The molecule has 0 aliphatic heterocycles. The van der Waals surface area contributed by atoms with Crippen LogP contribution in [0.5, 0.6) is 5.75 Å². The number of phenols is 1. The third kappa shape index (κ3) is 3.69. The van der Waals surface area contributed by atoms with E-state index in [0.29, 0.717) is 16.9 Å². The van der Waals surface area contributed by atoms with Crippen LogP contribution in [0.15, 0.2) is 36.4 Å². The average molecular weight is 324 g/mol. The summed E-state index contributed by atoms with van der Waals surface area (Å²) >= 11 is 0. The van der Waals surface area contributed by atoms with Crippen LogP contribution in [0.3, 0.4) is 0 Å². The zero-order valence-corrected chi connectivity index (χ0v) is 15.8. The fourth-order valence-corrected chi connectivity index (χ4v) is 2.86. The molecule has 0 saturated carbocycles. The molecule has 2 rings (SSSR count). The second kappa shape index (κ2) is 6.08. The Balaban J connectivity index is 2.69. The van der Waals surface area contributed by atoms with Crippen molar-refractivity contribution >= 4 is 5.78 Å². The lowest BCUT2D eigenvalue weighted by molar-refractivity contribution is 0.103. The maximum atomic E-state index is 13.0. The Labute approximate surface area is 145 Å². The van der Waals surface area contributed by atoms with Gasteiger partial charge in [-0.3, -0.25) is 4.79 Å². The van der Waals surface area contributed by atoms with Gasteiger partial charge in [0.25, 0.3) is 0 Å². The fraction of sp³-hybridized carbons (Fsp3) is 0.409. The summed E-state index contributed by atoms with van der Waals surface area (Å²) < 4.78 is 0. The normalized spacial score (nSPS) is 12.3. The zero-order valence-electron chi connectivity index (χ0n) is 15.8. The maximum Gasteiger partial charge on any atom is 0.193 e. The van der Waals surface area contributed by atoms with Crippen LogP contribution in [-0.4, -0.2) is 10.9 Å². The van der Waals surface area contributed by atoms with E-state index in [1.807, 2.05) is 43.3 Å². The lowest BCUT2D eigenvalue weighted by Crippen LogP contribution is -2.19. The minimum Gasteiger partial charge on any atom is -0.507 e. The fourth-order valence-electron chi connectivity index (χ4n) is 2.86. The number of aryl methyl sites for hydroxylation is 1. The number of ketones is 1. The van der Waals surface area contributed by atoms with Gasteiger partial charge in [-0.1, -0.05) is 65.3 Å². The third-order valence-electron chi connectivity index (χ3n) is 4.27. The van der Waals surface area contributed by atoms with Crippen molar-refractivity contribution in [3.05, 3.63) is 64.2 Å². The largest absolute Gasteiger partial charge is 0.507 e. The van der Waals surface area contributed by atoms with Crippen LogP contribution in [0, 0.1) is 6.92 Å². The van der Waals surface area contributed by atoms with Crippen LogP contribution < -0.4 is 0 Å². The molecule has 0 atom stereocenters. The summed E-state index contributed by atoms with van der Waals surface area (Å²) in [5.41, 5.74) is 3.51. The van der Waals surface area contributed by atoms with Gasteiger partial charge in [0.2, 0.25) is 0 Å². The van der Waals surface area contributed by atoms with Crippen molar-refractivity contribution < 1.29 is 9.90 Å². The van der Waals surface area contributed by atoms with Crippen molar-refractivity contribution in [1.29, 1.82) is 0 Å². The summed E-state index contributed by atoms with van der Waals surface area (Å²) in [4.78, 5) is 13.0. The van der Waals surface area contributed by atoms with Crippen LogP contribution in [0.2, 0.25) is 0 Å². The van der Waals surface area contributed by atoms with Gasteiger partial charge in [0.05, 0.1) is 0 Å². The minimum absolute atomic E-state index is 0.00491. The predicted molar refractivity (Wildman–Crippen MR) is 100 cm³/mol. The lowest BCUT2D eigenvalue weighted by Gasteiger charge is -2.28. The SMILES string of the molecule is Cc1cccc(C(=O)c2cc(C(C)(C)C)c(O)c(C(C)(C)C)c2)c1. The van der Waals surface area contributed by atoms with E-state index in [4.69, 9.17) is 0 Å². The molecule has 0 unspecified atom stereocenters. The highest BCUT2D eigenvalue weighted by Crippen LogP contribution is 2.40. The molecule has 2 heteroatoms. The molecule has 2 aromatic carbocycles. The highest BCUT2D eigenvalue weighted by Gasteiger charge is 2.28. The molecular formula is C22H28O2. The number of carbonyl (C=O) groups excluding carboxylic acids is 1. The van der Waals surface area contributed by atoms with E-state index in [1.165, 1.54) is 0 Å². The minimum atomic E-state index is -0.243. The van der Waals surface area contributed by atoms with Crippen molar-refractivity contribution in [2.45, 2.75) is 59.3 Å². The molecule has 0 amide bonds. The standard InChI is InChI=1S/C22H28O2/c1-14-9-8-10-15(11-14)19(23)16-12-17(21(2,3)4)20(24)18(13-16)22(5,6)7/h8-13,24H,1-7H3.